The van der Waals surface area contributed by atoms with Crippen molar-refractivity contribution in [2.75, 3.05) is 32.6 Å². The van der Waals surface area contributed by atoms with Crippen LogP contribution < -0.4 is 10.1 Å². The average Bonchev–Trinajstić information content (AvgIpc) is 2.71. The molecule has 1 aromatic rings. The summed E-state index contributed by atoms with van der Waals surface area (Å²) in [5.41, 5.74) is 0.718. The number of carbonyl (C=O) groups is 2. The zero-order valence-electron chi connectivity index (χ0n) is 17.0. The van der Waals surface area contributed by atoms with Crippen LogP contribution in [-0.2, 0) is 9.59 Å². The number of likely N-dealkylation sites (N-methyl/N-ethyl adjacent to an activating group) is 2. The number of methoxy groups -OCH3 is 1. The van der Waals surface area contributed by atoms with E-state index in [0.717, 1.165) is 24.3 Å². The normalized spacial score (nSPS) is 16.0. The zero-order chi connectivity index (χ0) is 19.8. The molecule has 0 saturated heterocycles. The molecule has 6 nitrogen and oxygen atoms in total. The number of carbonyl (C=O) groups excluding carboxylic acids is 2. The molecular weight excluding hydrogens is 342 g/mol. The molecule has 0 aliphatic heterocycles. The smallest absolute Gasteiger partial charge is 0.239 e. The molecule has 150 valence electrons. The largest absolute Gasteiger partial charge is 0.497 e. The first kappa shape index (κ1) is 21.2. The average molecular weight is 376 g/mol. The molecule has 0 aromatic heterocycles. The molecule has 0 radical (unpaired) electrons. The van der Waals surface area contributed by atoms with Gasteiger partial charge in [0.05, 0.1) is 19.7 Å². The van der Waals surface area contributed by atoms with Crippen molar-refractivity contribution in [3.05, 3.63) is 24.3 Å². The summed E-state index contributed by atoms with van der Waals surface area (Å²) in [5.74, 6) is 0.719. The Morgan fingerprint density at radius 1 is 1.19 bits per heavy atom. The van der Waals surface area contributed by atoms with Crippen molar-refractivity contribution in [1.82, 2.24) is 9.80 Å². The van der Waals surface area contributed by atoms with Gasteiger partial charge < -0.3 is 15.0 Å². The minimum Gasteiger partial charge on any atom is -0.497 e. The summed E-state index contributed by atoms with van der Waals surface area (Å²) in [5, 5.41) is 2.88. The van der Waals surface area contributed by atoms with Crippen LogP contribution in [0.25, 0.3) is 0 Å². The first-order valence-corrected chi connectivity index (χ1v) is 9.90. The third-order valence-electron chi connectivity index (χ3n) is 5.50. The third kappa shape index (κ3) is 5.96. The summed E-state index contributed by atoms with van der Waals surface area (Å²) < 4.78 is 5.12. The van der Waals surface area contributed by atoms with Crippen molar-refractivity contribution in [1.29, 1.82) is 0 Å². The van der Waals surface area contributed by atoms with Crippen LogP contribution in [0.4, 0.5) is 5.69 Å². The zero-order valence-corrected chi connectivity index (χ0v) is 17.0. The van der Waals surface area contributed by atoms with Gasteiger partial charge in [-0.15, -0.1) is 0 Å². The van der Waals surface area contributed by atoms with Gasteiger partial charge in [-0.3, -0.25) is 14.5 Å². The van der Waals surface area contributed by atoms with E-state index in [2.05, 4.69) is 5.32 Å². The number of benzene rings is 1. The lowest BCUT2D eigenvalue weighted by Gasteiger charge is -2.35. The number of amides is 2. The maximum atomic E-state index is 12.9. The van der Waals surface area contributed by atoms with Crippen LogP contribution in [0, 0.1) is 0 Å². The van der Waals surface area contributed by atoms with Crippen LogP contribution in [0.5, 0.6) is 5.75 Å². The molecule has 1 aliphatic rings. The Labute approximate surface area is 162 Å². The van der Waals surface area contributed by atoms with Gasteiger partial charge in [0.15, 0.2) is 0 Å². The Kier molecular flexibility index (Phi) is 8.10. The van der Waals surface area contributed by atoms with Gasteiger partial charge in [0.1, 0.15) is 5.75 Å². The second kappa shape index (κ2) is 10.3. The Bertz CT molecular complexity index is 612. The summed E-state index contributed by atoms with van der Waals surface area (Å²) in [7, 11) is 3.51. The van der Waals surface area contributed by atoms with Crippen LogP contribution >= 0.6 is 0 Å². The number of hydrogen-bond acceptors (Lipinski definition) is 4. The summed E-state index contributed by atoms with van der Waals surface area (Å²) >= 11 is 0. The summed E-state index contributed by atoms with van der Waals surface area (Å²) in [4.78, 5) is 29.1. The fraction of sp³-hybridized carbons (Fsp3) is 0.619. The minimum absolute atomic E-state index is 0.0981. The maximum Gasteiger partial charge on any atom is 0.239 e. The van der Waals surface area contributed by atoms with Gasteiger partial charge >= 0.3 is 0 Å². The van der Waals surface area contributed by atoms with Gasteiger partial charge in [-0.1, -0.05) is 26.2 Å². The number of nitrogens with zero attached hydrogens (tertiary/aromatic N) is 2. The highest BCUT2D eigenvalue weighted by Crippen LogP contribution is 2.22. The van der Waals surface area contributed by atoms with Crippen molar-refractivity contribution in [3.8, 4) is 5.75 Å². The summed E-state index contributed by atoms with van der Waals surface area (Å²) in [6.07, 6.45) is 5.82. The molecule has 0 unspecified atom stereocenters. The fourth-order valence-corrected chi connectivity index (χ4v) is 3.68. The van der Waals surface area contributed by atoms with E-state index in [1.165, 1.54) is 19.3 Å². The number of rotatable bonds is 8. The van der Waals surface area contributed by atoms with Crippen LogP contribution in [0.1, 0.15) is 46.0 Å². The third-order valence-corrected chi connectivity index (χ3v) is 5.50. The van der Waals surface area contributed by atoms with E-state index in [0.29, 0.717) is 12.6 Å². The number of nitrogens with one attached hydrogen (secondary N) is 1. The van der Waals surface area contributed by atoms with Crippen LogP contribution in [0.15, 0.2) is 24.3 Å². The predicted molar refractivity (Wildman–Crippen MR) is 108 cm³/mol. The standard InChI is InChI=1S/C21H33N3O3/c1-5-24(15-20(25)22-17-11-13-19(27-4)14-12-17)16(2)21(26)23(3)18-9-7-6-8-10-18/h11-14,16,18H,5-10,15H2,1-4H3,(H,22,25)/t16-/m1/s1. The molecule has 27 heavy (non-hydrogen) atoms. The summed E-state index contributed by atoms with van der Waals surface area (Å²) in [6.45, 7) is 4.70. The SMILES string of the molecule is CCN(CC(=O)Nc1ccc(OC)cc1)[C@H](C)C(=O)N(C)C1CCCCC1. The Hall–Kier alpha value is -2.08. The van der Waals surface area contributed by atoms with Gasteiger partial charge in [0.25, 0.3) is 0 Å². The molecule has 6 heteroatoms. The van der Waals surface area contributed by atoms with Crippen molar-refractivity contribution < 1.29 is 14.3 Å². The van der Waals surface area contributed by atoms with Crippen molar-refractivity contribution in [2.24, 2.45) is 0 Å². The Morgan fingerprint density at radius 3 is 2.37 bits per heavy atom. The fourth-order valence-electron chi connectivity index (χ4n) is 3.68. The molecule has 1 fully saturated rings. The molecular formula is C21H33N3O3. The highest BCUT2D eigenvalue weighted by molar-refractivity contribution is 5.93. The van der Waals surface area contributed by atoms with E-state index >= 15 is 0 Å². The lowest BCUT2D eigenvalue weighted by Crippen LogP contribution is -2.51. The van der Waals surface area contributed by atoms with E-state index in [-0.39, 0.29) is 24.4 Å². The molecule has 2 rings (SSSR count). The van der Waals surface area contributed by atoms with Gasteiger partial charge in [0, 0.05) is 18.8 Å². The molecule has 1 N–H and O–H groups in total. The predicted octanol–water partition coefficient (Wildman–Crippen LogP) is 3.14. The van der Waals surface area contributed by atoms with Crippen molar-refractivity contribution in [3.63, 3.8) is 0 Å². The van der Waals surface area contributed by atoms with Gasteiger partial charge in [-0.2, -0.15) is 0 Å². The molecule has 0 heterocycles. The molecule has 1 aromatic carbocycles. The topological polar surface area (TPSA) is 61.9 Å². The lowest BCUT2D eigenvalue weighted by atomic mass is 9.94. The van der Waals surface area contributed by atoms with Crippen LogP contribution in [0.2, 0.25) is 0 Å². The van der Waals surface area contributed by atoms with Crippen LogP contribution in [-0.4, -0.2) is 60.9 Å². The van der Waals surface area contributed by atoms with Crippen molar-refractivity contribution in [2.45, 2.75) is 58.0 Å². The highest BCUT2D eigenvalue weighted by Gasteiger charge is 2.29. The van der Waals surface area contributed by atoms with E-state index in [1.807, 2.05) is 30.7 Å². The van der Waals surface area contributed by atoms with Gasteiger partial charge in [0.2, 0.25) is 11.8 Å². The van der Waals surface area contributed by atoms with Crippen LogP contribution in [0.3, 0.4) is 0 Å². The minimum atomic E-state index is -0.316. The molecule has 1 aliphatic carbocycles. The lowest BCUT2D eigenvalue weighted by molar-refractivity contribution is -0.138. The first-order valence-electron chi connectivity index (χ1n) is 9.90. The van der Waals surface area contributed by atoms with Crippen molar-refractivity contribution >= 4 is 17.5 Å². The quantitative estimate of drug-likeness (QED) is 0.758. The van der Waals surface area contributed by atoms with E-state index in [9.17, 15) is 9.59 Å². The molecule has 0 spiro atoms. The molecule has 1 atom stereocenters. The Balaban J connectivity index is 1.91. The molecule has 2 amide bonds. The monoisotopic (exact) mass is 375 g/mol. The Morgan fingerprint density at radius 2 is 1.81 bits per heavy atom. The second-order valence-corrected chi connectivity index (χ2v) is 7.26. The van der Waals surface area contributed by atoms with Gasteiger partial charge in [-0.05, 0) is 50.6 Å². The molecule has 1 saturated carbocycles. The first-order chi connectivity index (χ1) is 13.0. The number of anilines is 1. The van der Waals surface area contributed by atoms with E-state index in [4.69, 9.17) is 4.74 Å². The molecule has 0 bridgehead atoms. The highest BCUT2D eigenvalue weighted by atomic mass is 16.5. The van der Waals surface area contributed by atoms with E-state index < -0.39 is 0 Å². The second-order valence-electron chi connectivity index (χ2n) is 7.26. The van der Waals surface area contributed by atoms with Gasteiger partial charge in [-0.25, -0.2) is 0 Å². The number of ether oxygens (including phenoxy) is 1. The summed E-state index contributed by atoms with van der Waals surface area (Å²) in [6, 6.07) is 7.23. The van der Waals surface area contributed by atoms with E-state index in [1.54, 1.807) is 31.4 Å². The number of hydrogen-bond donors (Lipinski definition) is 1. The maximum absolute atomic E-state index is 12.9.